The van der Waals surface area contributed by atoms with E-state index in [9.17, 15) is 17.7 Å². The molecule has 1 N–H and O–H groups in total. The van der Waals surface area contributed by atoms with Gasteiger partial charge in [0, 0.05) is 26.1 Å². The summed E-state index contributed by atoms with van der Waals surface area (Å²) >= 11 is 2.30. The first-order valence-corrected chi connectivity index (χ1v) is 7.83. The maximum absolute atomic E-state index is 13.0. The lowest BCUT2D eigenvalue weighted by Crippen LogP contribution is -2.45. The summed E-state index contributed by atoms with van der Waals surface area (Å²) in [7, 11) is 0. The Kier molecular flexibility index (Phi) is 5.16. The van der Waals surface area contributed by atoms with Crippen molar-refractivity contribution in [2.24, 2.45) is 0 Å². The van der Waals surface area contributed by atoms with Crippen molar-refractivity contribution in [2.45, 2.75) is 37.7 Å². The molecule has 0 radical (unpaired) electrons. The molecule has 0 amide bonds. The molecule has 1 aromatic rings. The highest BCUT2D eigenvalue weighted by Crippen LogP contribution is 2.38. The number of nitrogens with one attached hydrogen (secondary N) is 1. The van der Waals surface area contributed by atoms with Crippen molar-refractivity contribution < 1.29 is 17.7 Å². The second kappa shape index (κ2) is 5.70. The van der Waals surface area contributed by atoms with Crippen LogP contribution in [-0.2, 0) is 11.4 Å². The van der Waals surface area contributed by atoms with Gasteiger partial charge in [-0.1, -0.05) is 0 Å². The molecule has 0 saturated heterocycles. The van der Waals surface area contributed by atoms with Crippen molar-refractivity contribution in [3.63, 3.8) is 0 Å². The van der Waals surface area contributed by atoms with Crippen LogP contribution in [0.4, 0.5) is 13.2 Å². The van der Waals surface area contributed by atoms with Crippen LogP contribution in [-0.4, -0.2) is 15.5 Å². The van der Waals surface area contributed by atoms with Crippen LogP contribution in [0, 0.1) is 0 Å². The minimum absolute atomic E-state index is 0.0898. The van der Waals surface area contributed by atoms with Crippen LogP contribution in [0.25, 0.3) is 0 Å². The van der Waals surface area contributed by atoms with Crippen LogP contribution in [0.3, 0.4) is 0 Å². The molecule has 1 rings (SSSR count). The van der Waals surface area contributed by atoms with Gasteiger partial charge in [0.2, 0.25) is 0 Å². The monoisotopic (exact) mass is 363 g/mol. The predicted molar refractivity (Wildman–Crippen MR) is 71.8 cm³/mol. The van der Waals surface area contributed by atoms with Crippen LogP contribution in [0.2, 0.25) is 0 Å². The molecule has 0 aliphatic carbocycles. The Hall–Kier alpha value is 0.240. The Morgan fingerprint density at radius 1 is 1.39 bits per heavy atom. The van der Waals surface area contributed by atoms with Gasteiger partial charge in [-0.15, -0.1) is 16.1 Å². The summed E-state index contributed by atoms with van der Waals surface area (Å²) in [4.78, 5) is 0.0898. The summed E-state index contributed by atoms with van der Waals surface area (Å²) in [5, 5.41) is 1.57. The summed E-state index contributed by atoms with van der Waals surface area (Å²) in [6.07, 6.45) is -4.48. The number of alkyl halides is 3. The van der Waals surface area contributed by atoms with Crippen LogP contribution in [0.5, 0.6) is 0 Å². The van der Waals surface area contributed by atoms with Crippen molar-refractivity contribution >= 4 is 38.6 Å². The fourth-order valence-electron chi connectivity index (χ4n) is 1.05. The number of rotatable bonds is 3. The smallest absolute Gasteiger partial charge is 0.412 e. The average molecular weight is 364 g/mol. The molecule has 0 aliphatic rings. The van der Waals surface area contributed by atoms with Gasteiger partial charge < -0.3 is 4.55 Å². The van der Waals surface area contributed by atoms with E-state index in [1.165, 1.54) is 6.07 Å². The van der Waals surface area contributed by atoms with Gasteiger partial charge in [-0.2, -0.15) is 13.2 Å². The second-order valence-electron chi connectivity index (χ2n) is 4.64. The summed E-state index contributed by atoms with van der Waals surface area (Å²) in [5.74, 6) is 0. The van der Waals surface area contributed by atoms with Gasteiger partial charge in [0.25, 0.3) is 0 Å². The largest absolute Gasteiger partial charge is 0.598 e. The molecule has 0 aromatic carbocycles. The average Bonchev–Trinajstić information content (AvgIpc) is 2.57. The number of thiophene rings is 1. The molecule has 0 bridgehead atoms. The Morgan fingerprint density at radius 2 is 1.94 bits per heavy atom. The van der Waals surface area contributed by atoms with Crippen molar-refractivity contribution in [1.82, 2.24) is 4.72 Å². The minimum Gasteiger partial charge on any atom is -0.598 e. The lowest BCUT2D eigenvalue weighted by molar-refractivity contribution is -0.152. The molecule has 8 heteroatoms. The van der Waals surface area contributed by atoms with E-state index in [0.29, 0.717) is 4.47 Å². The van der Waals surface area contributed by atoms with Crippen LogP contribution in [0.1, 0.15) is 31.7 Å². The van der Waals surface area contributed by atoms with E-state index < -0.39 is 28.3 Å². The summed E-state index contributed by atoms with van der Waals surface area (Å²) in [6.45, 7) is 4.86. The normalized spacial score (nSPS) is 16.7. The number of hydrogen-bond acceptors (Lipinski definition) is 3. The third kappa shape index (κ3) is 4.41. The van der Waals surface area contributed by atoms with Gasteiger partial charge in [0.15, 0.2) is 6.04 Å². The first-order valence-electron chi connectivity index (χ1n) is 5.00. The predicted octanol–water partition coefficient (Wildman–Crippen LogP) is 4.17. The third-order valence-electron chi connectivity index (χ3n) is 1.98. The standard InChI is InChI=1S/C10H13BrF3NOS2/c1-9(2,3)18(16)15-8(10(12,13)14)7-4-6(11)5-17-7/h4-5,8,15H,1-3H3. The fraction of sp³-hybridized carbons (Fsp3) is 0.600. The van der Waals surface area contributed by atoms with Crippen LogP contribution < -0.4 is 4.72 Å². The molecule has 18 heavy (non-hydrogen) atoms. The van der Waals surface area contributed by atoms with E-state index >= 15 is 0 Å². The number of halogens is 4. The van der Waals surface area contributed by atoms with E-state index in [-0.39, 0.29) is 4.88 Å². The quantitative estimate of drug-likeness (QED) is 0.818. The van der Waals surface area contributed by atoms with E-state index in [1.54, 1.807) is 26.2 Å². The maximum atomic E-state index is 13.0. The van der Waals surface area contributed by atoms with E-state index in [2.05, 4.69) is 20.7 Å². The molecular formula is C10H13BrF3NOS2. The van der Waals surface area contributed by atoms with Crippen molar-refractivity contribution in [1.29, 1.82) is 0 Å². The minimum atomic E-state index is -4.48. The van der Waals surface area contributed by atoms with Gasteiger partial charge in [0.05, 0.1) is 0 Å². The zero-order valence-corrected chi connectivity index (χ0v) is 13.2. The molecule has 1 heterocycles. The highest BCUT2D eigenvalue weighted by molar-refractivity contribution is 9.10. The van der Waals surface area contributed by atoms with Gasteiger partial charge in [-0.25, -0.2) is 0 Å². The Bertz CT molecular complexity index is 403. The van der Waals surface area contributed by atoms with Gasteiger partial charge >= 0.3 is 6.18 Å². The Morgan fingerprint density at radius 3 is 2.28 bits per heavy atom. The molecule has 0 aliphatic heterocycles. The summed E-state index contributed by atoms with van der Waals surface area (Å²) in [6, 6.07) is -0.524. The fourth-order valence-corrected chi connectivity index (χ4v) is 3.47. The first kappa shape index (κ1) is 16.3. The molecule has 0 spiro atoms. The van der Waals surface area contributed by atoms with Crippen molar-refractivity contribution in [3.8, 4) is 0 Å². The third-order valence-corrected chi connectivity index (χ3v) is 5.30. The van der Waals surface area contributed by atoms with E-state index in [1.807, 2.05) is 0 Å². The SMILES string of the molecule is CC(C)(C)[S+]([O-])NC(c1cc(Br)cs1)C(F)(F)F. The maximum Gasteiger partial charge on any atom is 0.412 e. The topological polar surface area (TPSA) is 35.1 Å². The molecule has 2 unspecified atom stereocenters. The van der Waals surface area contributed by atoms with Crippen molar-refractivity contribution in [2.75, 3.05) is 0 Å². The molecule has 0 saturated carbocycles. The molecule has 2 nitrogen and oxygen atoms in total. The lowest BCUT2D eigenvalue weighted by Gasteiger charge is -2.28. The Labute approximate surface area is 119 Å². The molecule has 104 valence electrons. The van der Waals surface area contributed by atoms with Crippen LogP contribution in [0.15, 0.2) is 15.9 Å². The summed E-state index contributed by atoms with van der Waals surface area (Å²) in [5.41, 5.74) is 0. The van der Waals surface area contributed by atoms with Crippen LogP contribution >= 0.6 is 27.3 Å². The lowest BCUT2D eigenvalue weighted by atomic mass is 10.2. The molecule has 0 fully saturated rings. The second-order valence-corrected chi connectivity index (χ2v) is 8.50. The van der Waals surface area contributed by atoms with E-state index in [0.717, 1.165) is 11.3 Å². The Balaban J connectivity index is 2.95. The zero-order chi connectivity index (χ0) is 14.1. The van der Waals surface area contributed by atoms with Gasteiger partial charge in [0.1, 0.15) is 4.75 Å². The van der Waals surface area contributed by atoms with Gasteiger partial charge in [-0.05, 0) is 42.8 Å². The summed E-state index contributed by atoms with van der Waals surface area (Å²) < 4.78 is 52.7. The molecule has 2 atom stereocenters. The number of hydrogen-bond donors (Lipinski definition) is 1. The molecular weight excluding hydrogens is 351 g/mol. The zero-order valence-electron chi connectivity index (χ0n) is 9.97. The molecule has 1 aromatic heterocycles. The first-order chi connectivity index (χ1) is 8.01. The van der Waals surface area contributed by atoms with Gasteiger partial charge in [-0.3, -0.25) is 0 Å². The van der Waals surface area contributed by atoms with E-state index in [4.69, 9.17) is 0 Å². The van der Waals surface area contributed by atoms with Crippen molar-refractivity contribution in [3.05, 3.63) is 20.8 Å². The highest BCUT2D eigenvalue weighted by atomic mass is 79.9. The highest BCUT2D eigenvalue weighted by Gasteiger charge is 2.46.